The Bertz CT molecular complexity index is 1780. The maximum atomic E-state index is 2.47. The van der Waals surface area contributed by atoms with Gasteiger partial charge in [-0.05, 0) is 66.4 Å². The highest BCUT2D eigenvalue weighted by atomic mass is 14.3. The Morgan fingerprint density at radius 3 is 1.46 bits per heavy atom. The molecule has 2 unspecified atom stereocenters. The largest absolute Gasteiger partial charge is 0.0758 e. The Balaban J connectivity index is 1.40. The molecule has 0 radical (unpaired) electrons. The summed E-state index contributed by atoms with van der Waals surface area (Å²) < 4.78 is 0. The number of allylic oxidation sites excluding steroid dienone is 4. The van der Waals surface area contributed by atoms with E-state index in [1.165, 1.54) is 60.5 Å². The Hall–Kier alpha value is -4.68. The molecule has 7 rings (SSSR count). The van der Waals surface area contributed by atoms with E-state index in [0.29, 0.717) is 11.8 Å². The van der Waals surface area contributed by atoms with Crippen LogP contribution in [0, 0.1) is 5.92 Å². The zero-order valence-electron chi connectivity index (χ0n) is 22.1. The molecule has 0 saturated carbocycles. The summed E-state index contributed by atoms with van der Waals surface area (Å²) >= 11 is 0. The summed E-state index contributed by atoms with van der Waals surface area (Å²) in [5.74, 6) is 0.810. The van der Waals surface area contributed by atoms with Crippen molar-refractivity contribution in [3.05, 3.63) is 163 Å². The van der Waals surface area contributed by atoms with Crippen LogP contribution in [-0.4, -0.2) is 0 Å². The Kier molecular flexibility index (Phi) is 5.94. The van der Waals surface area contributed by atoms with Crippen molar-refractivity contribution in [1.29, 1.82) is 0 Å². The summed E-state index contributed by atoms with van der Waals surface area (Å²) in [6.07, 6.45) is 7.22. The van der Waals surface area contributed by atoms with Crippen LogP contribution in [0.3, 0.4) is 0 Å². The van der Waals surface area contributed by atoms with Crippen LogP contribution in [0.2, 0.25) is 0 Å². The van der Waals surface area contributed by atoms with Gasteiger partial charge < -0.3 is 0 Å². The van der Waals surface area contributed by atoms with Crippen molar-refractivity contribution >= 4 is 27.1 Å². The first-order valence-corrected chi connectivity index (χ1v) is 13.8. The standard InChI is InChI=1S/C39H30/c1-27-26-32(24-25-33(27)30-14-6-3-7-15-30)39-36-18-10-8-16-34(36)38(35-17-9-11-19-37(35)39)31-22-20-29(21-23-31)28-12-4-2-5-13-28/h2-27,33H,1H3. The quantitative estimate of drug-likeness (QED) is 0.212. The molecule has 186 valence electrons. The van der Waals surface area contributed by atoms with Gasteiger partial charge in [0.2, 0.25) is 0 Å². The van der Waals surface area contributed by atoms with E-state index in [1.807, 2.05) is 0 Å². The Morgan fingerprint density at radius 2 is 0.897 bits per heavy atom. The van der Waals surface area contributed by atoms with E-state index in [9.17, 15) is 0 Å². The van der Waals surface area contributed by atoms with Crippen molar-refractivity contribution in [2.75, 3.05) is 0 Å². The lowest BCUT2D eigenvalue weighted by Gasteiger charge is -2.25. The van der Waals surface area contributed by atoms with Gasteiger partial charge in [0.15, 0.2) is 0 Å². The third-order valence-electron chi connectivity index (χ3n) is 8.18. The monoisotopic (exact) mass is 498 g/mol. The molecule has 0 nitrogen and oxygen atoms in total. The van der Waals surface area contributed by atoms with Crippen LogP contribution < -0.4 is 0 Å². The molecule has 39 heavy (non-hydrogen) atoms. The van der Waals surface area contributed by atoms with Gasteiger partial charge in [-0.1, -0.05) is 159 Å². The van der Waals surface area contributed by atoms with E-state index in [-0.39, 0.29) is 0 Å². The van der Waals surface area contributed by atoms with E-state index < -0.39 is 0 Å². The topological polar surface area (TPSA) is 0 Å². The lowest BCUT2D eigenvalue weighted by Crippen LogP contribution is -2.09. The van der Waals surface area contributed by atoms with Crippen LogP contribution in [0.4, 0.5) is 0 Å². The highest BCUT2D eigenvalue weighted by molar-refractivity contribution is 6.19. The molecule has 0 heterocycles. The SMILES string of the molecule is CC1C=C(c2c3ccccc3c(-c3ccc(-c4ccccc4)cc3)c3ccccc23)C=CC1c1ccccc1. The van der Waals surface area contributed by atoms with E-state index in [0.717, 1.165) is 0 Å². The number of fused-ring (bicyclic) bond motifs is 2. The van der Waals surface area contributed by atoms with Gasteiger partial charge in [-0.3, -0.25) is 0 Å². The van der Waals surface area contributed by atoms with Gasteiger partial charge in [-0.15, -0.1) is 0 Å². The van der Waals surface area contributed by atoms with Crippen molar-refractivity contribution in [1.82, 2.24) is 0 Å². The van der Waals surface area contributed by atoms with E-state index in [4.69, 9.17) is 0 Å². The first-order valence-electron chi connectivity index (χ1n) is 13.8. The third-order valence-corrected chi connectivity index (χ3v) is 8.18. The molecule has 0 aromatic heterocycles. The summed E-state index contributed by atoms with van der Waals surface area (Å²) in [4.78, 5) is 0. The number of hydrogen-bond donors (Lipinski definition) is 0. The molecule has 0 spiro atoms. The fraction of sp³-hybridized carbons (Fsp3) is 0.0769. The minimum atomic E-state index is 0.398. The second-order valence-electron chi connectivity index (χ2n) is 10.6. The zero-order chi connectivity index (χ0) is 26.2. The van der Waals surface area contributed by atoms with E-state index in [2.05, 4.69) is 159 Å². The van der Waals surface area contributed by atoms with Crippen LogP contribution >= 0.6 is 0 Å². The first kappa shape index (κ1) is 23.4. The van der Waals surface area contributed by atoms with Crippen molar-refractivity contribution in [2.45, 2.75) is 12.8 Å². The summed E-state index contributed by atoms with van der Waals surface area (Å²) in [7, 11) is 0. The molecule has 0 amide bonds. The zero-order valence-corrected chi connectivity index (χ0v) is 22.1. The fourth-order valence-electron chi connectivity index (χ4n) is 6.29. The van der Waals surface area contributed by atoms with Crippen LogP contribution in [0.5, 0.6) is 0 Å². The minimum absolute atomic E-state index is 0.398. The van der Waals surface area contributed by atoms with Crippen LogP contribution in [0.1, 0.15) is 24.0 Å². The molecular weight excluding hydrogens is 468 g/mol. The van der Waals surface area contributed by atoms with Crippen molar-refractivity contribution in [3.63, 3.8) is 0 Å². The van der Waals surface area contributed by atoms with Crippen LogP contribution in [0.15, 0.2) is 152 Å². The highest BCUT2D eigenvalue weighted by Crippen LogP contribution is 2.44. The Morgan fingerprint density at radius 1 is 0.436 bits per heavy atom. The lowest BCUT2D eigenvalue weighted by molar-refractivity contribution is 0.638. The average Bonchev–Trinajstić information content (AvgIpc) is 3.01. The summed E-state index contributed by atoms with van der Waals surface area (Å²) in [5.41, 5.74) is 9.06. The fourth-order valence-corrected chi connectivity index (χ4v) is 6.29. The van der Waals surface area contributed by atoms with Gasteiger partial charge in [0.1, 0.15) is 0 Å². The predicted octanol–water partition coefficient (Wildman–Crippen LogP) is 10.7. The second-order valence-corrected chi connectivity index (χ2v) is 10.6. The molecule has 0 fully saturated rings. The predicted molar refractivity (Wildman–Crippen MR) is 168 cm³/mol. The summed E-state index contributed by atoms with van der Waals surface area (Å²) in [5, 5.41) is 5.20. The summed E-state index contributed by atoms with van der Waals surface area (Å²) in [6, 6.07) is 48.4. The Labute approximate surface area is 230 Å². The number of rotatable bonds is 4. The number of hydrogen-bond acceptors (Lipinski definition) is 0. The van der Waals surface area contributed by atoms with Crippen LogP contribution in [0.25, 0.3) is 49.4 Å². The average molecular weight is 499 g/mol. The molecule has 0 bridgehead atoms. The van der Waals surface area contributed by atoms with E-state index >= 15 is 0 Å². The molecule has 0 saturated heterocycles. The molecule has 0 heteroatoms. The molecule has 6 aromatic rings. The third kappa shape index (κ3) is 4.19. The first-order chi connectivity index (χ1) is 19.3. The molecule has 1 aliphatic carbocycles. The van der Waals surface area contributed by atoms with Crippen molar-refractivity contribution in [3.8, 4) is 22.3 Å². The maximum absolute atomic E-state index is 2.47. The van der Waals surface area contributed by atoms with E-state index in [1.54, 1.807) is 0 Å². The maximum Gasteiger partial charge on any atom is 0.00818 e. The molecule has 0 N–H and O–H groups in total. The van der Waals surface area contributed by atoms with Gasteiger partial charge in [-0.25, -0.2) is 0 Å². The van der Waals surface area contributed by atoms with Gasteiger partial charge in [0.05, 0.1) is 0 Å². The van der Waals surface area contributed by atoms with Gasteiger partial charge in [0.25, 0.3) is 0 Å². The minimum Gasteiger partial charge on any atom is -0.0758 e. The smallest absolute Gasteiger partial charge is 0.00818 e. The molecule has 1 aliphatic rings. The van der Waals surface area contributed by atoms with Crippen molar-refractivity contribution < 1.29 is 0 Å². The van der Waals surface area contributed by atoms with Gasteiger partial charge in [-0.2, -0.15) is 0 Å². The normalized spacial score (nSPS) is 16.9. The second kappa shape index (κ2) is 9.89. The summed E-state index contributed by atoms with van der Waals surface area (Å²) in [6.45, 7) is 2.34. The van der Waals surface area contributed by atoms with Crippen molar-refractivity contribution in [2.24, 2.45) is 5.92 Å². The highest BCUT2D eigenvalue weighted by Gasteiger charge is 2.22. The molecule has 0 aliphatic heterocycles. The van der Waals surface area contributed by atoms with Gasteiger partial charge >= 0.3 is 0 Å². The lowest BCUT2D eigenvalue weighted by atomic mass is 9.78. The number of benzene rings is 6. The van der Waals surface area contributed by atoms with Gasteiger partial charge in [0, 0.05) is 5.92 Å². The molecule has 6 aromatic carbocycles. The van der Waals surface area contributed by atoms with Crippen LogP contribution in [-0.2, 0) is 0 Å². The molecular formula is C39H30. The molecule has 2 atom stereocenters.